The molecule has 2 aliphatic rings. The van der Waals surface area contributed by atoms with E-state index in [1.165, 1.54) is 0 Å². The Morgan fingerprint density at radius 3 is 2.56 bits per heavy atom. The standard InChI is InChI=1S/C19H28N4O2/c1-15(24)23-12-11-21(2)14-18(23)19(25)22-9-6-16(7-10-22)13-17-5-3-4-8-20-17/h3-5,8,16,18H,6-7,9-14H2,1-2H3. The number of amides is 2. The fourth-order valence-electron chi connectivity index (χ4n) is 3.89. The lowest BCUT2D eigenvalue weighted by molar-refractivity contribution is -0.148. The van der Waals surface area contributed by atoms with Crippen LogP contribution in [0, 0.1) is 5.92 Å². The van der Waals surface area contributed by atoms with Crippen LogP contribution >= 0.6 is 0 Å². The largest absolute Gasteiger partial charge is 0.341 e. The number of carbonyl (C=O) groups is 2. The molecule has 2 fully saturated rings. The van der Waals surface area contributed by atoms with E-state index in [0.717, 1.165) is 44.6 Å². The molecule has 2 amide bonds. The highest BCUT2D eigenvalue weighted by atomic mass is 16.2. The maximum absolute atomic E-state index is 13.0. The van der Waals surface area contributed by atoms with Crippen LogP contribution in [0.15, 0.2) is 24.4 Å². The van der Waals surface area contributed by atoms with E-state index in [1.807, 2.05) is 30.3 Å². The first-order valence-electron chi connectivity index (χ1n) is 9.19. The highest BCUT2D eigenvalue weighted by Gasteiger charge is 2.36. The Morgan fingerprint density at radius 2 is 1.92 bits per heavy atom. The molecular formula is C19H28N4O2. The van der Waals surface area contributed by atoms with Crippen molar-refractivity contribution in [1.82, 2.24) is 19.7 Å². The van der Waals surface area contributed by atoms with Gasteiger partial charge < -0.3 is 14.7 Å². The summed E-state index contributed by atoms with van der Waals surface area (Å²) in [6, 6.07) is 5.70. The molecule has 6 nitrogen and oxygen atoms in total. The zero-order valence-corrected chi connectivity index (χ0v) is 15.2. The number of piperazine rings is 1. The lowest BCUT2D eigenvalue weighted by Gasteiger charge is -2.42. The van der Waals surface area contributed by atoms with E-state index >= 15 is 0 Å². The summed E-state index contributed by atoms with van der Waals surface area (Å²) in [7, 11) is 2.01. The highest BCUT2D eigenvalue weighted by molar-refractivity contribution is 5.87. The van der Waals surface area contributed by atoms with Gasteiger partial charge in [-0.1, -0.05) is 6.07 Å². The maximum Gasteiger partial charge on any atom is 0.246 e. The monoisotopic (exact) mass is 344 g/mol. The Labute approximate surface area is 149 Å². The highest BCUT2D eigenvalue weighted by Crippen LogP contribution is 2.22. The third kappa shape index (κ3) is 4.37. The molecular weight excluding hydrogens is 316 g/mol. The summed E-state index contributed by atoms with van der Waals surface area (Å²) >= 11 is 0. The second-order valence-corrected chi connectivity index (χ2v) is 7.28. The predicted octanol–water partition coefficient (Wildman–Crippen LogP) is 1.03. The lowest BCUT2D eigenvalue weighted by Crippen LogP contribution is -2.60. The van der Waals surface area contributed by atoms with E-state index in [-0.39, 0.29) is 17.9 Å². The van der Waals surface area contributed by atoms with Crippen molar-refractivity contribution in [3.63, 3.8) is 0 Å². The van der Waals surface area contributed by atoms with E-state index in [1.54, 1.807) is 11.8 Å². The van der Waals surface area contributed by atoms with Crippen molar-refractivity contribution in [3.8, 4) is 0 Å². The van der Waals surface area contributed by atoms with Gasteiger partial charge in [0.15, 0.2) is 0 Å². The average molecular weight is 344 g/mol. The number of piperidine rings is 1. The number of carbonyl (C=O) groups excluding carboxylic acids is 2. The SMILES string of the molecule is CC(=O)N1CCN(C)CC1C(=O)N1CCC(Cc2ccccn2)CC1. The molecule has 0 radical (unpaired) electrons. The number of likely N-dealkylation sites (N-methyl/N-ethyl adjacent to an activating group) is 1. The van der Waals surface area contributed by atoms with E-state index in [9.17, 15) is 9.59 Å². The zero-order valence-electron chi connectivity index (χ0n) is 15.2. The first kappa shape index (κ1) is 17.9. The second kappa shape index (κ2) is 7.95. The van der Waals surface area contributed by atoms with Gasteiger partial charge in [0.05, 0.1) is 0 Å². The predicted molar refractivity (Wildman–Crippen MR) is 95.9 cm³/mol. The molecule has 0 aromatic carbocycles. The minimum atomic E-state index is -0.330. The molecule has 3 rings (SSSR count). The molecule has 2 saturated heterocycles. The smallest absolute Gasteiger partial charge is 0.246 e. The van der Waals surface area contributed by atoms with Gasteiger partial charge in [-0.2, -0.15) is 0 Å². The van der Waals surface area contributed by atoms with Crippen LogP contribution in [0.2, 0.25) is 0 Å². The van der Waals surface area contributed by atoms with Crippen molar-refractivity contribution >= 4 is 11.8 Å². The van der Waals surface area contributed by atoms with Gasteiger partial charge in [-0.25, -0.2) is 0 Å². The van der Waals surface area contributed by atoms with Crippen LogP contribution in [0.1, 0.15) is 25.5 Å². The molecule has 6 heteroatoms. The number of pyridine rings is 1. The zero-order chi connectivity index (χ0) is 17.8. The molecule has 1 unspecified atom stereocenters. The van der Waals surface area contributed by atoms with Gasteiger partial charge in [0.25, 0.3) is 0 Å². The topological polar surface area (TPSA) is 56.8 Å². The fourth-order valence-corrected chi connectivity index (χ4v) is 3.89. The molecule has 1 aromatic heterocycles. The maximum atomic E-state index is 13.0. The number of hydrogen-bond acceptors (Lipinski definition) is 4. The van der Waals surface area contributed by atoms with Crippen LogP contribution in [0.5, 0.6) is 0 Å². The van der Waals surface area contributed by atoms with E-state index < -0.39 is 0 Å². The minimum absolute atomic E-state index is 0.00325. The Morgan fingerprint density at radius 1 is 1.16 bits per heavy atom. The third-order valence-electron chi connectivity index (χ3n) is 5.42. The van der Waals surface area contributed by atoms with Gasteiger partial charge in [-0.05, 0) is 44.4 Å². The van der Waals surface area contributed by atoms with Crippen LogP contribution in [0.3, 0.4) is 0 Å². The van der Waals surface area contributed by atoms with Gasteiger partial charge >= 0.3 is 0 Å². The Bertz CT molecular complexity index is 599. The van der Waals surface area contributed by atoms with Gasteiger partial charge in [-0.3, -0.25) is 14.6 Å². The molecule has 0 aliphatic carbocycles. The number of hydrogen-bond donors (Lipinski definition) is 0. The molecule has 0 saturated carbocycles. The van der Waals surface area contributed by atoms with E-state index in [0.29, 0.717) is 19.0 Å². The van der Waals surface area contributed by atoms with E-state index in [4.69, 9.17) is 0 Å². The summed E-state index contributed by atoms with van der Waals surface area (Å²) in [6.45, 7) is 5.22. The summed E-state index contributed by atoms with van der Waals surface area (Å²) in [5, 5.41) is 0. The second-order valence-electron chi connectivity index (χ2n) is 7.28. The van der Waals surface area contributed by atoms with Crippen LogP contribution in [-0.4, -0.2) is 77.3 Å². The van der Waals surface area contributed by atoms with Gasteiger partial charge in [0.1, 0.15) is 6.04 Å². The number of nitrogens with zero attached hydrogens (tertiary/aromatic N) is 4. The molecule has 3 heterocycles. The van der Waals surface area contributed by atoms with Gasteiger partial charge in [0.2, 0.25) is 11.8 Å². The molecule has 0 bridgehead atoms. The van der Waals surface area contributed by atoms with Crippen LogP contribution in [-0.2, 0) is 16.0 Å². The molecule has 1 atom stereocenters. The van der Waals surface area contributed by atoms with Gasteiger partial charge in [0, 0.05) is 51.5 Å². The van der Waals surface area contributed by atoms with E-state index in [2.05, 4.69) is 16.0 Å². The first-order valence-corrected chi connectivity index (χ1v) is 9.19. The lowest BCUT2D eigenvalue weighted by atomic mass is 9.91. The molecule has 0 spiro atoms. The number of aromatic nitrogens is 1. The Hall–Kier alpha value is -1.95. The fraction of sp³-hybridized carbons (Fsp3) is 0.632. The van der Waals surface area contributed by atoms with Crippen molar-refractivity contribution in [2.75, 3.05) is 39.8 Å². The van der Waals surface area contributed by atoms with Crippen molar-refractivity contribution < 1.29 is 9.59 Å². The van der Waals surface area contributed by atoms with Crippen molar-refractivity contribution in [2.45, 2.75) is 32.2 Å². The first-order chi connectivity index (χ1) is 12.0. The number of rotatable bonds is 3. The minimum Gasteiger partial charge on any atom is -0.341 e. The number of likely N-dealkylation sites (tertiary alicyclic amines) is 1. The van der Waals surface area contributed by atoms with Gasteiger partial charge in [-0.15, -0.1) is 0 Å². The molecule has 25 heavy (non-hydrogen) atoms. The summed E-state index contributed by atoms with van der Waals surface area (Å²) in [6.07, 6.45) is 4.83. The van der Waals surface area contributed by atoms with Crippen molar-refractivity contribution in [1.29, 1.82) is 0 Å². The van der Waals surface area contributed by atoms with Crippen LogP contribution in [0.4, 0.5) is 0 Å². The summed E-state index contributed by atoms with van der Waals surface area (Å²) in [5.74, 6) is 0.686. The van der Waals surface area contributed by atoms with Crippen LogP contribution < -0.4 is 0 Å². The normalized spacial score (nSPS) is 22.9. The Kier molecular flexibility index (Phi) is 5.68. The third-order valence-corrected chi connectivity index (χ3v) is 5.42. The quantitative estimate of drug-likeness (QED) is 0.822. The molecule has 2 aliphatic heterocycles. The van der Waals surface area contributed by atoms with Crippen molar-refractivity contribution in [2.24, 2.45) is 5.92 Å². The summed E-state index contributed by atoms with van der Waals surface area (Å²) < 4.78 is 0. The summed E-state index contributed by atoms with van der Waals surface area (Å²) in [5.41, 5.74) is 1.13. The average Bonchev–Trinajstić information content (AvgIpc) is 2.62. The molecule has 1 aromatic rings. The van der Waals surface area contributed by atoms with Crippen molar-refractivity contribution in [3.05, 3.63) is 30.1 Å². The Balaban J connectivity index is 1.56. The molecule has 0 N–H and O–H groups in total. The van der Waals surface area contributed by atoms with Crippen LogP contribution in [0.25, 0.3) is 0 Å². The summed E-state index contributed by atoms with van der Waals surface area (Å²) in [4.78, 5) is 35.1. The molecule has 136 valence electrons.